The number of nitrogens with zero attached hydrogens (tertiary/aromatic N) is 4. The summed E-state index contributed by atoms with van der Waals surface area (Å²) in [5, 5.41) is 6.26. The molecule has 10 rings (SSSR count). The highest BCUT2D eigenvalue weighted by Gasteiger charge is 2.20. The second-order valence-corrected chi connectivity index (χ2v) is 11.8. The number of fused-ring (bicyclic) bond motifs is 7. The fraction of sp³-hybridized carbons (Fsp3) is 0. The highest BCUT2D eigenvalue weighted by Crippen LogP contribution is 2.42. The summed E-state index contributed by atoms with van der Waals surface area (Å²) >= 11 is 0. The van der Waals surface area contributed by atoms with Crippen LogP contribution < -0.4 is 0 Å². The van der Waals surface area contributed by atoms with Gasteiger partial charge in [0.05, 0.1) is 6.20 Å². The Kier molecular flexibility index (Phi) is 5.77. The van der Waals surface area contributed by atoms with Crippen molar-refractivity contribution in [3.8, 4) is 45.3 Å². The number of aromatic nitrogens is 4. The number of benzene rings is 6. The van der Waals surface area contributed by atoms with E-state index < -0.39 is 0 Å². The van der Waals surface area contributed by atoms with Crippen molar-refractivity contribution < 1.29 is 8.83 Å². The average Bonchev–Trinajstić information content (AvgIpc) is 3.73. The molecule has 0 fully saturated rings. The zero-order chi connectivity index (χ0) is 31.6. The molecule has 0 amide bonds. The van der Waals surface area contributed by atoms with Crippen LogP contribution >= 0.6 is 0 Å². The van der Waals surface area contributed by atoms with Gasteiger partial charge in [-0.15, -0.1) is 0 Å². The monoisotopic (exact) mass is 616 g/mol. The lowest BCUT2D eigenvalue weighted by Gasteiger charge is -2.14. The van der Waals surface area contributed by atoms with E-state index in [0.717, 1.165) is 76.9 Å². The van der Waals surface area contributed by atoms with Crippen LogP contribution in [0, 0.1) is 0 Å². The van der Waals surface area contributed by atoms with Crippen LogP contribution in [0.15, 0.2) is 155 Å². The van der Waals surface area contributed by atoms with Crippen molar-refractivity contribution in [2.45, 2.75) is 0 Å². The highest BCUT2D eigenvalue weighted by molar-refractivity contribution is 6.16. The molecule has 6 nitrogen and oxygen atoms in total. The number of furan rings is 2. The Morgan fingerprint density at radius 1 is 0.333 bits per heavy atom. The molecule has 0 atom stereocenters. The van der Waals surface area contributed by atoms with Crippen LogP contribution in [0.1, 0.15) is 0 Å². The molecule has 48 heavy (non-hydrogen) atoms. The summed E-state index contributed by atoms with van der Waals surface area (Å²) in [5.74, 6) is 1.70. The second-order valence-electron chi connectivity index (χ2n) is 11.8. The third-order valence-electron chi connectivity index (χ3n) is 9.05. The molecule has 6 heteroatoms. The predicted molar refractivity (Wildman–Crippen MR) is 191 cm³/mol. The Morgan fingerprint density at radius 2 is 0.875 bits per heavy atom. The van der Waals surface area contributed by atoms with Crippen molar-refractivity contribution in [1.29, 1.82) is 0 Å². The number of hydrogen-bond donors (Lipinski definition) is 0. The van der Waals surface area contributed by atoms with E-state index in [1.165, 1.54) is 0 Å². The van der Waals surface area contributed by atoms with Crippen molar-refractivity contribution in [3.05, 3.63) is 146 Å². The first-order valence-electron chi connectivity index (χ1n) is 15.8. The maximum atomic E-state index is 6.24. The third kappa shape index (κ3) is 4.06. The van der Waals surface area contributed by atoms with Crippen molar-refractivity contribution in [1.82, 2.24) is 19.9 Å². The van der Waals surface area contributed by atoms with Gasteiger partial charge in [0.1, 0.15) is 16.7 Å². The van der Waals surface area contributed by atoms with Gasteiger partial charge >= 0.3 is 0 Å². The molecule has 0 saturated carbocycles. The van der Waals surface area contributed by atoms with Crippen molar-refractivity contribution in [2.24, 2.45) is 0 Å². The molecular weight excluding hydrogens is 592 g/mol. The van der Waals surface area contributed by atoms with Gasteiger partial charge in [0.2, 0.25) is 0 Å². The van der Waals surface area contributed by atoms with Gasteiger partial charge in [-0.05, 0) is 46.2 Å². The second kappa shape index (κ2) is 10.4. The number of rotatable bonds is 4. The van der Waals surface area contributed by atoms with Gasteiger partial charge in [0.15, 0.2) is 23.1 Å². The summed E-state index contributed by atoms with van der Waals surface area (Å²) in [4.78, 5) is 19.8. The van der Waals surface area contributed by atoms with E-state index in [2.05, 4.69) is 71.7 Å². The standard InChI is InChI=1S/C42H24N4O2/c1-2-11-25(12-3-1)40-44-41(46-42(45-40)33-23-43-24-37-39(33)32-16-7-9-19-35(32)48-37)30-22-21-28(26-13-4-5-14-27(26)30)29-17-10-20-36-38(29)31-15-6-8-18-34(31)47-36/h1-24H. The summed E-state index contributed by atoms with van der Waals surface area (Å²) in [5.41, 5.74) is 8.06. The fourth-order valence-electron chi connectivity index (χ4n) is 6.91. The first-order valence-corrected chi connectivity index (χ1v) is 15.8. The van der Waals surface area contributed by atoms with Gasteiger partial charge < -0.3 is 8.83 Å². The molecular formula is C42H24N4O2. The quantitative estimate of drug-likeness (QED) is 0.196. The van der Waals surface area contributed by atoms with Crippen LogP contribution in [-0.2, 0) is 0 Å². The molecule has 4 aromatic heterocycles. The summed E-state index contributed by atoms with van der Waals surface area (Å²) in [6.07, 6.45) is 3.56. The van der Waals surface area contributed by atoms with E-state index in [1.807, 2.05) is 72.9 Å². The van der Waals surface area contributed by atoms with Crippen molar-refractivity contribution in [3.63, 3.8) is 0 Å². The van der Waals surface area contributed by atoms with Crippen molar-refractivity contribution in [2.75, 3.05) is 0 Å². The van der Waals surface area contributed by atoms with Crippen LogP contribution in [0.2, 0.25) is 0 Å². The molecule has 224 valence electrons. The summed E-state index contributed by atoms with van der Waals surface area (Å²) < 4.78 is 12.4. The molecule has 0 radical (unpaired) electrons. The smallest absolute Gasteiger partial charge is 0.166 e. The van der Waals surface area contributed by atoms with Crippen LogP contribution in [0.3, 0.4) is 0 Å². The molecule has 0 spiro atoms. The first kappa shape index (κ1) is 26.5. The lowest BCUT2D eigenvalue weighted by Crippen LogP contribution is -2.01. The van der Waals surface area contributed by atoms with Gasteiger partial charge in [0, 0.05) is 44.4 Å². The molecule has 0 aliphatic carbocycles. The van der Waals surface area contributed by atoms with Gasteiger partial charge in [-0.2, -0.15) is 0 Å². The van der Waals surface area contributed by atoms with Gasteiger partial charge in [0.25, 0.3) is 0 Å². The van der Waals surface area contributed by atoms with Crippen LogP contribution in [0.25, 0.3) is 99.9 Å². The predicted octanol–water partition coefficient (Wildman–Crippen LogP) is 10.9. The average molecular weight is 617 g/mol. The molecule has 0 saturated heterocycles. The summed E-state index contributed by atoms with van der Waals surface area (Å²) in [6, 6.07) is 45.2. The first-order chi connectivity index (χ1) is 23.8. The molecule has 4 heterocycles. The Balaban J connectivity index is 1.23. The minimum atomic E-state index is 0.534. The lowest BCUT2D eigenvalue weighted by atomic mass is 9.92. The van der Waals surface area contributed by atoms with E-state index in [-0.39, 0.29) is 0 Å². The maximum absolute atomic E-state index is 6.24. The van der Waals surface area contributed by atoms with Crippen molar-refractivity contribution >= 4 is 54.6 Å². The maximum Gasteiger partial charge on any atom is 0.166 e. The Bertz CT molecular complexity index is 2850. The Labute approximate surface area is 274 Å². The highest BCUT2D eigenvalue weighted by atomic mass is 16.3. The fourth-order valence-corrected chi connectivity index (χ4v) is 6.91. The SMILES string of the molecule is c1ccc(-c2nc(-c3ccc(-c4cccc5oc6ccccc6c45)c4ccccc34)nc(-c3cncc4oc5ccccc5c34)n2)cc1. The molecule has 6 aromatic carbocycles. The van der Waals surface area contributed by atoms with Gasteiger partial charge in [-0.3, -0.25) is 4.98 Å². The molecule has 0 bridgehead atoms. The molecule has 0 unspecified atom stereocenters. The van der Waals surface area contributed by atoms with E-state index in [4.69, 9.17) is 23.8 Å². The lowest BCUT2D eigenvalue weighted by molar-refractivity contribution is 0.667. The number of pyridine rings is 1. The molecule has 0 aliphatic rings. The molecule has 0 aliphatic heterocycles. The Morgan fingerprint density at radius 3 is 1.62 bits per heavy atom. The third-order valence-corrected chi connectivity index (χ3v) is 9.05. The normalized spacial score (nSPS) is 11.8. The zero-order valence-electron chi connectivity index (χ0n) is 25.5. The Hall–Kier alpha value is -6.66. The van der Waals surface area contributed by atoms with Gasteiger partial charge in [-0.25, -0.2) is 15.0 Å². The van der Waals surface area contributed by atoms with E-state index in [0.29, 0.717) is 23.1 Å². The van der Waals surface area contributed by atoms with E-state index in [9.17, 15) is 0 Å². The van der Waals surface area contributed by atoms with E-state index >= 15 is 0 Å². The topological polar surface area (TPSA) is 77.8 Å². The molecule has 10 aromatic rings. The number of para-hydroxylation sites is 2. The summed E-state index contributed by atoms with van der Waals surface area (Å²) in [7, 11) is 0. The van der Waals surface area contributed by atoms with Crippen LogP contribution in [0.4, 0.5) is 0 Å². The molecule has 0 N–H and O–H groups in total. The van der Waals surface area contributed by atoms with E-state index in [1.54, 1.807) is 6.20 Å². The van der Waals surface area contributed by atoms with Crippen LogP contribution in [0.5, 0.6) is 0 Å². The summed E-state index contributed by atoms with van der Waals surface area (Å²) in [6.45, 7) is 0. The number of hydrogen-bond acceptors (Lipinski definition) is 6. The zero-order valence-corrected chi connectivity index (χ0v) is 25.5. The largest absolute Gasteiger partial charge is 0.456 e. The minimum Gasteiger partial charge on any atom is -0.456 e. The minimum absolute atomic E-state index is 0.534. The van der Waals surface area contributed by atoms with Crippen LogP contribution in [-0.4, -0.2) is 19.9 Å². The van der Waals surface area contributed by atoms with Gasteiger partial charge in [-0.1, -0.05) is 109 Å².